The van der Waals surface area contributed by atoms with Crippen LogP contribution in [0.4, 0.5) is 5.69 Å². The third kappa shape index (κ3) is 6.05. The first-order valence-corrected chi connectivity index (χ1v) is 12.1. The Labute approximate surface area is 210 Å². The first-order chi connectivity index (χ1) is 16.8. The minimum Gasteiger partial charge on any atom is -0.491 e. The SMILES string of the molecule is CC[C@@H](C)c1ccc2oc(-c3ccc(NC(=S)NC(=O)c4ccc(OC(C)C)cc4)cc3)nc2c1. The van der Waals surface area contributed by atoms with Gasteiger partial charge < -0.3 is 14.5 Å². The van der Waals surface area contributed by atoms with Crippen molar-refractivity contribution < 1.29 is 13.9 Å². The van der Waals surface area contributed by atoms with Crippen molar-refractivity contribution in [1.82, 2.24) is 10.3 Å². The molecule has 2 N–H and O–H groups in total. The standard InChI is InChI=1S/C28H29N3O3S/c1-5-18(4)21-10-15-25-24(16-21)30-27(34-25)20-6-11-22(12-7-20)29-28(35)31-26(32)19-8-13-23(14-9-19)33-17(2)3/h6-18H,5H2,1-4H3,(H2,29,31,32,35)/t18-/m1/s1. The van der Waals surface area contributed by atoms with E-state index in [0.717, 1.165) is 28.8 Å². The van der Waals surface area contributed by atoms with Crippen LogP contribution in [0.1, 0.15) is 56.0 Å². The molecule has 0 spiro atoms. The van der Waals surface area contributed by atoms with Crippen LogP contribution < -0.4 is 15.4 Å². The molecule has 1 aromatic heterocycles. The number of amides is 1. The van der Waals surface area contributed by atoms with E-state index in [2.05, 4.69) is 41.6 Å². The first-order valence-electron chi connectivity index (χ1n) is 11.7. The fourth-order valence-corrected chi connectivity index (χ4v) is 3.81. The molecular weight excluding hydrogens is 458 g/mol. The van der Waals surface area contributed by atoms with E-state index < -0.39 is 0 Å². The largest absolute Gasteiger partial charge is 0.491 e. The maximum Gasteiger partial charge on any atom is 0.257 e. The molecule has 4 rings (SSSR count). The quantitative estimate of drug-likeness (QED) is 0.276. The maximum absolute atomic E-state index is 12.5. The van der Waals surface area contributed by atoms with E-state index in [1.54, 1.807) is 24.3 Å². The molecule has 0 saturated heterocycles. The molecular formula is C28H29N3O3S. The smallest absolute Gasteiger partial charge is 0.257 e. The number of rotatable bonds is 7. The Bertz CT molecular complexity index is 1330. The summed E-state index contributed by atoms with van der Waals surface area (Å²) in [5, 5.41) is 5.95. The van der Waals surface area contributed by atoms with Crippen molar-refractivity contribution in [2.45, 2.75) is 46.1 Å². The minimum atomic E-state index is -0.293. The van der Waals surface area contributed by atoms with Crippen LogP contribution in [0.2, 0.25) is 0 Å². The maximum atomic E-state index is 12.5. The zero-order valence-corrected chi connectivity index (χ0v) is 21.1. The number of nitrogens with zero attached hydrogens (tertiary/aromatic N) is 1. The molecule has 180 valence electrons. The number of ether oxygens (including phenoxy) is 1. The number of anilines is 1. The summed E-state index contributed by atoms with van der Waals surface area (Å²) in [6, 6.07) is 20.7. The zero-order chi connectivity index (χ0) is 24.9. The Morgan fingerprint density at radius 1 is 1.03 bits per heavy atom. The second kappa shape index (κ2) is 10.7. The van der Waals surface area contributed by atoms with Gasteiger partial charge >= 0.3 is 0 Å². The highest BCUT2D eigenvalue weighted by Crippen LogP contribution is 2.28. The van der Waals surface area contributed by atoms with Crippen molar-refractivity contribution in [3.63, 3.8) is 0 Å². The van der Waals surface area contributed by atoms with Gasteiger partial charge in [-0.1, -0.05) is 19.9 Å². The molecule has 4 aromatic rings. The Morgan fingerprint density at radius 2 is 1.74 bits per heavy atom. The lowest BCUT2D eigenvalue weighted by Gasteiger charge is -2.11. The highest BCUT2D eigenvalue weighted by Gasteiger charge is 2.12. The molecule has 7 heteroatoms. The van der Waals surface area contributed by atoms with Gasteiger partial charge in [0.25, 0.3) is 5.91 Å². The van der Waals surface area contributed by atoms with Gasteiger partial charge in [0.15, 0.2) is 10.7 Å². The summed E-state index contributed by atoms with van der Waals surface area (Å²) < 4.78 is 11.6. The number of thiocarbonyl (C=S) groups is 1. The van der Waals surface area contributed by atoms with Gasteiger partial charge in [0, 0.05) is 16.8 Å². The van der Waals surface area contributed by atoms with Crippen molar-refractivity contribution in [2.24, 2.45) is 0 Å². The number of hydrogen-bond acceptors (Lipinski definition) is 5. The molecule has 3 aromatic carbocycles. The summed E-state index contributed by atoms with van der Waals surface area (Å²) in [5.41, 5.74) is 4.97. The fraction of sp³-hybridized carbons (Fsp3) is 0.250. The predicted octanol–water partition coefficient (Wildman–Crippen LogP) is 6.92. The van der Waals surface area contributed by atoms with Crippen LogP contribution in [0.5, 0.6) is 5.75 Å². The van der Waals surface area contributed by atoms with E-state index >= 15 is 0 Å². The molecule has 1 amide bonds. The lowest BCUT2D eigenvalue weighted by molar-refractivity contribution is 0.0977. The van der Waals surface area contributed by atoms with E-state index in [-0.39, 0.29) is 17.1 Å². The van der Waals surface area contributed by atoms with Crippen molar-refractivity contribution >= 4 is 40.0 Å². The van der Waals surface area contributed by atoms with Crippen LogP contribution in [0.25, 0.3) is 22.6 Å². The van der Waals surface area contributed by atoms with Gasteiger partial charge in [0.05, 0.1) is 6.10 Å². The van der Waals surface area contributed by atoms with Crippen LogP contribution in [-0.4, -0.2) is 22.1 Å². The number of fused-ring (bicyclic) bond motifs is 1. The highest BCUT2D eigenvalue weighted by atomic mass is 32.1. The highest BCUT2D eigenvalue weighted by molar-refractivity contribution is 7.80. The van der Waals surface area contributed by atoms with E-state index in [4.69, 9.17) is 21.4 Å². The Morgan fingerprint density at radius 3 is 2.40 bits per heavy atom. The fourth-order valence-electron chi connectivity index (χ4n) is 3.60. The molecule has 0 aliphatic heterocycles. The van der Waals surface area contributed by atoms with E-state index in [1.165, 1.54) is 5.56 Å². The van der Waals surface area contributed by atoms with Crippen molar-refractivity contribution in [2.75, 3.05) is 5.32 Å². The van der Waals surface area contributed by atoms with Gasteiger partial charge in [-0.2, -0.15) is 0 Å². The first kappa shape index (κ1) is 24.4. The van der Waals surface area contributed by atoms with Crippen LogP contribution in [-0.2, 0) is 0 Å². The van der Waals surface area contributed by atoms with Gasteiger partial charge in [-0.15, -0.1) is 0 Å². The Balaban J connectivity index is 1.38. The van der Waals surface area contributed by atoms with Crippen molar-refractivity contribution in [3.05, 3.63) is 77.9 Å². The number of carbonyl (C=O) groups is 1. The lowest BCUT2D eigenvalue weighted by atomic mass is 9.98. The van der Waals surface area contributed by atoms with Crippen LogP contribution in [0, 0.1) is 0 Å². The zero-order valence-electron chi connectivity index (χ0n) is 20.3. The number of benzene rings is 3. The van der Waals surface area contributed by atoms with Crippen LogP contribution in [0.3, 0.4) is 0 Å². The summed E-state index contributed by atoms with van der Waals surface area (Å²) in [7, 11) is 0. The predicted molar refractivity (Wildman–Crippen MR) is 144 cm³/mol. The summed E-state index contributed by atoms with van der Waals surface area (Å²) in [6.07, 6.45) is 1.15. The summed E-state index contributed by atoms with van der Waals surface area (Å²) in [4.78, 5) is 17.2. The van der Waals surface area contributed by atoms with E-state index in [1.807, 2.05) is 44.2 Å². The summed E-state index contributed by atoms with van der Waals surface area (Å²) >= 11 is 5.31. The molecule has 1 heterocycles. The molecule has 0 bridgehead atoms. The molecule has 0 radical (unpaired) electrons. The molecule has 0 saturated carbocycles. The Kier molecular flexibility index (Phi) is 7.46. The number of aromatic nitrogens is 1. The minimum absolute atomic E-state index is 0.0722. The van der Waals surface area contributed by atoms with E-state index in [0.29, 0.717) is 23.1 Å². The van der Waals surface area contributed by atoms with Crippen molar-refractivity contribution in [1.29, 1.82) is 0 Å². The molecule has 0 aliphatic carbocycles. The van der Waals surface area contributed by atoms with Crippen LogP contribution >= 0.6 is 12.2 Å². The van der Waals surface area contributed by atoms with E-state index in [9.17, 15) is 4.79 Å². The average Bonchev–Trinajstić information content (AvgIpc) is 3.27. The van der Waals surface area contributed by atoms with Gasteiger partial charge in [0.2, 0.25) is 5.89 Å². The topological polar surface area (TPSA) is 76.4 Å². The third-order valence-corrected chi connectivity index (χ3v) is 5.90. The normalized spacial score (nSPS) is 11.9. The molecule has 0 fully saturated rings. The van der Waals surface area contributed by atoms with Gasteiger partial charge in [-0.05, 0) is 105 Å². The van der Waals surface area contributed by atoms with Gasteiger partial charge in [0.1, 0.15) is 11.3 Å². The molecule has 0 aliphatic rings. The second-order valence-electron chi connectivity index (χ2n) is 8.73. The monoisotopic (exact) mass is 487 g/mol. The molecule has 1 atom stereocenters. The Hall–Kier alpha value is -3.71. The van der Waals surface area contributed by atoms with Crippen molar-refractivity contribution in [3.8, 4) is 17.2 Å². The third-order valence-electron chi connectivity index (χ3n) is 5.70. The summed E-state index contributed by atoms with van der Waals surface area (Å²) in [6.45, 7) is 8.29. The second-order valence-corrected chi connectivity index (χ2v) is 9.14. The molecule has 6 nitrogen and oxygen atoms in total. The van der Waals surface area contributed by atoms with Gasteiger partial charge in [-0.25, -0.2) is 4.98 Å². The molecule has 35 heavy (non-hydrogen) atoms. The lowest BCUT2D eigenvalue weighted by Crippen LogP contribution is -2.34. The number of nitrogens with one attached hydrogen (secondary N) is 2. The van der Waals surface area contributed by atoms with Crippen LogP contribution in [0.15, 0.2) is 71.1 Å². The number of hydrogen-bond donors (Lipinski definition) is 2. The number of oxazole rings is 1. The number of carbonyl (C=O) groups excluding carboxylic acids is 1. The average molecular weight is 488 g/mol. The summed E-state index contributed by atoms with van der Waals surface area (Å²) in [5.74, 6) is 1.46. The van der Waals surface area contributed by atoms with Gasteiger partial charge in [-0.3, -0.25) is 10.1 Å². The molecule has 0 unspecified atom stereocenters.